The number of carbonyl (C=O) groups is 2. The average Bonchev–Trinajstić information content (AvgIpc) is 2.45. The largest absolute Gasteiger partial charge is 0.419 e. The number of hydrogen-bond acceptors (Lipinski definition) is 5. The second kappa shape index (κ2) is 5.07. The molecule has 104 valence electrons. The normalized spacial score (nSPS) is 21.3. The molecule has 1 aromatic rings. The molecule has 3 rings (SSSR count). The Morgan fingerprint density at radius 2 is 1.80 bits per heavy atom. The third-order valence-corrected chi connectivity index (χ3v) is 3.61. The number of rotatable bonds is 1. The molecule has 1 aliphatic carbocycles. The van der Waals surface area contributed by atoms with Gasteiger partial charge in [0.2, 0.25) is 0 Å². The minimum Gasteiger partial charge on any atom is -0.419 e. The summed E-state index contributed by atoms with van der Waals surface area (Å²) in [6.45, 7) is 0. The molecule has 0 amide bonds. The highest BCUT2D eigenvalue weighted by molar-refractivity contribution is 6.18. The molecule has 0 N–H and O–H groups in total. The molecule has 0 unspecified atom stereocenters. The van der Waals surface area contributed by atoms with Crippen LogP contribution in [0.1, 0.15) is 37.7 Å². The second-order valence-electron chi connectivity index (χ2n) is 5.09. The molecule has 2 fully saturated rings. The Hall–Kier alpha value is -2.17. The maximum Gasteiger partial charge on any atom is 0.348 e. The van der Waals surface area contributed by atoms with Crippen LogP contribution in [0.2, 0.25) is 0 Å². The zero-order valence-electron chi connectivity index (χ0n) is 11.0. The van der Waals surface area contributed by atoms with Crippen molar-refractivity contribution in [3.63, 3.8) is 0 Å². The smallest absolute Gasteiger partial charge is 0.348 e. The fraction of sp³-hybridized carbons (Fsp3) is 0.400. The zero-order valence-corrected chi connectivity index (χ0v) is 11.0. The van der Waals surface area contributed by atoms with Gasteiger partial charge in [-0.1, -0.05) is 12.5 Å². The van der Waals surface area contributed by atoms with Gasteiger partial charge in [0.05, 0.1) is 0 Å². The summed E-state index contributed by atoms with van der Waals surface area (Å²) in [6, 6.07) is 3.49. The first-order chi connectivity index (χ1) is 9.69. The quantitative estimate of drug-likeness (QED) is 0.446. The van der Waals surface area contributed by atoms with Crippen LogP contribution in [0.3, 0.4) is 0 Å². The summed E-state index contributed by atoms with van der Waals surface area (Å²) in [6.07, 6.45) is 8.71. The van der Waals surface area contributed by atoms with Crippen LogP contribution in [-0.4, -0.2) is 22.7 Å². The molecule has 2 heterocycles. The van der Waals surface area contributed by atoms with Gasteiger partial charge in [-0.2, -0.15) is 0 Å². The standard InChI is InChI=1S/C15H15NO4/c17-13-12(9-11-5-4-8-16-10-11)14(18)20-15(19-13)6-2-1-3-7-15/h4-5,8-10H,1-3,6-7H2. The zero-order chi connectivity index (χ0) is 14.0. The molecule has 1 saturated carbocycles. The van der Waals surface area contributed by atoms with E-state index in [0.29, 0.717) is 18.4 Å². The Bertz CT molecular complexity index is 536. The number of nitrogens with zero attached hydrogens (tertiary/aromatic N) is 1. The molecule has 0 aromatic carbocycles. The van der Waals surface area contributed by atoms with Gasteiger partial charge in [-0.3, -0.25) is 4.98 Å². The SMILES string of the molecule is O=C1OC2(CCCCC2)OC(=O)C1=Cc1cccnc1. The van der Waals surface area contributed by atoms with Crippen LogP contribution in [0.15, 0.2) is 30.1 Å². The van der Waals surface area contributed by atoms with Crippen LogP contribution < -0.4 is 0 Å². The van der Waals surface area contributed by atoms with Crippen LogP contribution in [0, 0.1) is 0 Å². The fourth-order valence-electron chi connectivity index (χ4n) is 2.59. The van der Waals surface area contributed by atoms with Crippen molar-refractivity contribution in [3.05, 3.63) is 35.7 Å². The van der Waals surface area contributed by atoms with Crippen molar-refractivity contribution >= 4 is 18.0 Å². The molecule has 0 radical (unpaired) electrons. The Balaban J connectivity index is 1.84. The number of esters is 2. The maximum atomic E-state index is 12.1. The van der Waals surface area contributed by atoms with Crippen LogP contribution in [0.25, 0.3) is 6.08 Å². The molecule has 0 bridgehead atoms. The summed E-state index contributed by atoms with van der Waals surface area (Å²) in [4.78, 5) is 28.1. The van der Waals surface area contributed by atoms with Crippen LogP contribution in [-0.2, 0) is 19.1 Å². The van der Waals surface area contributed by atoms with Gasteiger partial charge >= 0.3 is 11.9 Å². The van der Waals surface area contributed by atoms with Crippen molar-refractivity contribution in [2.24, 2.45) is 0 Å². The summed E-state index contributed by atoms with van der Waals surface area (Å²) in [5, 5.41) is 0. The molecular formula is C15H15NO4. The molecular weight excluding hydrogens is 258 g/mol. The van der Waals surface area contributed by atoms with Crippen molar-refractivity contribution in [3.8, 4) is 0 Å². The van der Waals surface area contributed by atoms with Gasteiger partial charge in [0.25, 0.3) is 5.79 Å². The monoisotopic (exact) mass is 273 g/mol. The van der Waals surface area contributed by atoms with Crippen molar-refractivity contribution in [1.82, 2.24) is 4.98 Å². The number of pyridine rings is 1. The highest BCUT2D eigenvalue weighted by atomic mass is 16.7. The van der Waals surface area contributed by atoms with Gasteiger partial charge < -0.3 is 9.47 Å². The molecule has 20 heavy (non-hydrogen) atoms. The van der Waals surface area contributed by atoms with E-state index in [-0.39, 0.29) is 5.57 Å². The first-order valence-corrected chi connectivity index (χ1v) is 6.77. The number of hydrogen-bond donors (Lipinski definition) is 0. The molecule has 1 spiro atoms. The lowest BCUT2D eigenvalue weighted by atomic mass is 9.93. The first-order valence-electron chi connectivity index (χ1n) is 6.77. The van der Waals surface area contributed by atoms with Crippen molar-refractivity contribution in [1.29, 1.82) is 0 Å². The van der Waals surface area contributed by atoms with Crippen molar-refractivity contribution in [2.75, 3.05) is 0 Å². The van der Waals surface area contributed by atoms with E-state index < -0.39 is 17.7 Å². The van der Waals surface area contributed by atoms with Crippen molar-refractivity contribution < 1.29 is 19.1 Å². The van der Waals surface area contributed by atoms with Crippen LogP contribution >= 0.6 is 0 Å². The van der Waals surface area contributed by atoms with E-state index >= 15 is 0 Å². The second-order valence-corrected chi connectivity index (χ2v) is 5.09. The lowest BCUT2D eigenvalue weighted by Crippen LogP contribution is -2.47. The number of aromatic nitrogens is 1. The van der Waals surface area contributed by atoms with Gasteiger partial charge in [0, 0.05) is 25.2 Å². The molecule has 0 atom stereocenters. The highest BCUT2D eigenvalue weighted by Crippen LogP contribution is 2.37. The third kappa shape index (κ3) is 2.43. The molecule has 5 nitrogen and oxygen atoms in total. The molecule has 1 aromatic heterocycles. The molecule has 1 saturated heterocycles. The van der Waals surface area contributed by atoms with Gasteiger partial charge in [-0.05, 0) is 30.5 Å². The van der Waals surface area contributed by atoms with Crippen molar-refractivity contribution in [2.45, 2.75) is 37.9 Å². The van der Waals surface area contributed by atoms with Crippen LogP contribution in [0.5, 0.6) is 0 Å². The average molecular weight is 273 g/mol. The maximum absolute atomic E-state index is 12.1. The molecule has 1 aliphatic heterocycles. The van der Waals surface area contributed by atoms with Gasteiger partial charge in [-0.15, -0.1) is 0 Å². The summed E-state index contributed by atoms with van der Waals surface area (Å²) in [7, 11) is 0. The Morgan fingerprint density at radius 1 is 1.10 bits per heavy atom. The Labute approximate surface area is 116 Å². The Kier molecular flexibility index (Phi) is 3.26. The number of carbonyl (C=O) groups excluding carboxylic acids is 2. The van der Waals surface area contributed by atoms with E-state index in [2.05, 4.69) is 4.98 Å². The third-order valence-electron chi connectivity index (χ3n) is 3.61. The van der Waals surface area contributed by atoms with Gasteiger partial charge in [0.15, 0.2) is 0 Å². The fourth-order valence-corrected chi connectivity index (χ4v) is 2.59. The topological polar surface area (TPSA) is 65.5 Å². The van der Waals surface area contributed by atoms with Crippen LogP contribution in [0.4, 0.5) is 0 Å². The van der Waals surface area contributed by atoms with Gasteiger partial charge in [0.1, 0.15) is 5.57 Å². The summed E-state index contributed by atoms with van der Waals surface area (Å²) >= 11 is 0. The summed E-state index contributed by atoms with van der Waals surface area (Å²) in [5.41, 5.74) is 0.588. The number of ether oxygens (including phenoxy) is 2. The first kappa shape index (κ1) is 12.8. The van der Waals surface area contributed by atoms with E-state index in [1.807, 2.05) is 0 Å². The lowest BCUT2D eigenvalue weighted by molar-refractivity contribution is -0.244. The summed E-state index contributed by atoms with van der Waals surface area (Å²) < 4.78 is 10.8. The van der Waals surface area contributed by atoms with E-state index in [1.54, 1.807) is 24.5 Å². The van der Waals surface area contributed by atoms with E-state index in [0.717, 1.165) is 19.3 Å². The predicted octanol–water partition coefficient (Wildman–Crippen LogP) is 2.23. The Morgan fingerprint density at radius 3 is 2.40 bits per heavy atom. The van der Waals surface area contributed by atoms with E-state index in [4.69, 9.17) is 9.47 Å². The molecule has 5 heteroatoms. The summed E-state index contributed by atoms with van der Waals surface area (Å²) in [5.74, 6) is -2.24. The molecule has 2 aliphatic rings. The van der Waals surface area contributed by atoms with Gasteiger partial charge in [-0.25, -0.2) is 9.59 Å². The predicted molar refractivity (Wildman–Crippen MR) is 70.2 cm³/mol. The van der Waals surface area contributed by atoms with E-state index in [9.17, 15) is 9.59 Å². The minimum absolute atomic E-state index is 0.0748. The minimum atomic E-state index is -1.03. The lowest BCUT2D eigenvalue weighted by Gasteiger charge is -2.38. The van der Waals surface area contributed by atoms with E-state index in [1.165, 1.54) is 6.08 Å². The highest BCUT2D eigenvalue weighted by Gasteiger charge is 2.46.